The Morgan fingerprint density at radius 3 is 2.72 bits per heavy atom. The van der Waals surface area contributed by atoms with Crippen LogP contribution in [0.25, 0.3) is 5.78 Å². The van der Waals surface area contributed by atoms with E-state index in [0.29, 0.717) is 37.4 Å². The zero-order chi connectivity index (χ0) is 20.2. The van der Waals surface area contributed by atoms with E-state index < -0.39 is 9.84 Å². The summed E-state index contributed by atoms with van der Waals surface area (Å²) < 4.78 is 26.2. The minimum atomic E-state index is -3.45. The van der Waals surface area contributed by atoms with Crippen molar-refractivity contribution < 1.29 is 13.2 Å². The Morgan fingerprint density at radius 1 is 1.21 bits per heavy atom. The Labute approximate surface area is 172 Å². The lowest BCUT2D eigenvalue weighted by Crippen LogP contribution is -2.38. The number of fused-ring (bicyclic) bond motifs is 2. The van der Waals surface area contributed by atoms with Crippen molar-refractivity contribution in [2.45, 2.75) is 42.9 Å². The van der Waals surface area contributed by atoms with E-state index in [1.54, 1.807) is 11.3 Å². The van der Waals surface area contributed by atoms with Crippen molar-refractivity contribution in [1.29, 1.82) is 0 Å². The summed E-state index contributed by atoms with van der Waals surface area (Å²) in [4.78, 5) is 25.4. The van der Waals surface area contributed by atoms with Crippen LogP contribution in [0.5, 0.6) is 0 Å². The van der Waals surface area contributed by atoms with Crippen LogP contribution in [0.1, 0.15) is 51.0 Å². The molecule has 1 saturated heterocycles. The van der Waals surface area contributed by atoms with E-state index in [2.05, 4.69) is 21.1 Å². The smallest absolute Gasteiger partial charge is 0.263 e. The number of amides is 1. The molecule has 0 atom stereocenters. The lowest BCUT2D eigenvalue weighted by atomic mass is 9.93. The summed E-state index contributed by atoms with van der Waals surface area (Å²) in [5.74, 6) is 0.454. The van der Waals surface area contributed by atoms with E-state index >= 15 is 0 Å². The fraction of sp³-hybridized carbons (Fsp3) is 0.474. The molecule has 10 heteroatoms. The summed E-state index contributed by atoms with van der Waals surface area (Å²) >= 11 is 1.63. The largest absolute Gasteiger partial charge is 0.338 e. The Bertz CT molecular complexity index is 1180. The monoisotopic (exact) mass is 431 g/mol. The fourth-order valence-electron chi connectivity index (χ4n) is 4.39. The molecule has 0 bridgehead atoms. The van der Waals surface area contributed by atoms with Gasteiger partial charge in [-0.05, 0) is 43.7 Å². The number of carbonyl (C=O) groups excluding carboxylic acids is 1. The van der Waals surface area contributed by atoms with Crippen LogP contribution in [-0.4, -0.2) is 58.2 Å². The van der Waals surface area contributed by atoms with E-state index in [9.17, 15) is 13.2 Å². The zero-order valence-corrected chi connectivity index (χ0v) is 17.7. The van der Waals surface area contributed by atoms with Crippen LogP contribution >= 0.6 is 11.3 Å². The average molecular weight is 432 g/mol. The van der Waals surface area contributed by atoms with Gasteiger partial charge in [0.2, 0.25) is 0 Å². The molecular weight excluding hydrogens is 410 g/mol. The van der Waals surface area contributed by atoms with Crippen LogP contribution in [0.3, 0.4) is 0 Å². The van der Waals surface area contributed by atoms with Crippen molar-refractivity contribution in [3.05, 3.63) is 39.6 Å². The first-order chi connectivity index (χ1) is 13.9. The van der Waals surface area contributed by atoms with Crippen molar-refractivity contribution in [2.24, 2.45) is 0 Å². The maximum Gasteiger partial charge on any atom is 0.263 e. The van der Waals surface area contributed by atoms with Gasteiger partial charge in [-0.3, -0.25) is 4.79 Å². The molecule has 0 aromatic carbocycles. The van der Waals surface area contributed by atoms with Crippen LogP contribution in [0.4, 0.5) is 0 Å². The summed E-state index contributed by atoms with van der Waals surface area (Å²) in [7, 11) is -3.45. The second-order valence-electron chi connectivity index (χ2n) is 7.73. The predicted molar refractivity (Wildman–Crippen MR) is 108 cm³/mol. The summed E-state index contributed by atoms with van der Waals surface area (Å²) in [5.41, 5.74) is 1.95. The van der Waals surface area contributed by atoms with Gasteiger partial charge in [0.05, 0.1) is 16.8 Å². The third-order valence-electron chi connectivity index (χ3n) is 5.83. The highest BCUT2D eigenvalue weighted by Gasteiger charge is 2.31. The molecule has 0 unspecified atom stereocenters. The van der Waals surface area contributed by atoms with Gasteiger partial charge in [-0.2, -0.15) is 14.6 Å². The standard InChI is InChI=1S/C19H21N5O3S2/c1-29(26,27)16-10-20-19-21-11-22-24(19)17(16)12-5-7-23(8-6-12)18(25)15-9-13-3-2-4-14(13)28-15/h9-12H,2-8H2,1H3. The van der Waals surface area contributed by atoms with Crippen molar-refractivity contribution in [2.75, 3.05) is 19.3 Å². The molecule has 4 heterocycles. The fourth-order valence-corrected chi connectivity index (χ4v) is 6.49. The Balaban J connectivity index is 1.39. The van der Waals surface area contributed by atoms with Gasteiger partial charge in [0.25, 0.3) is 11.7 Å². The van der Waals surface area contributed by atoms with E-state index in [4.69, 9.17) is 0 Å². The first kappa shape index (κ1) is 18.7. The van der Waals surface area contributed by atoms with Crippen molar-refractivity contribution in [1.82, 2.24) is 24.5 Å². The highest BCUT2D eigenvalue weighted by Crippen LogP contribution is 2.35. The third kappa shape index (κ3) is 3.24. The minimum absolute atomic E-state index is 0.0238. The quantitative estimate of drug-likeness (QED) is 0.630. The second kappa shape index (κ2) is 6.88. The molecule has 3 aromatic rings. The van der Waals surface area contributed by atoms with Crippen LogP contribution in [0, 0.1) is 0 Å². The number of hydrogen-bond donors (Lipinski definition) is 0. The number of aryl methyl sites for hydroxylation is 2. The minimum Gasteiger partial charge on any atom is -0.338 e. The molecule has 8 nitrogen and oxygen atoms in total. The molecule has 29 heavy (non-hydrogen) atoms. The molecule has 3 aromatic heterocycles. The van der Waals surface area contributed by atoms with Crippen molar-refractivity contribution >= 4 is 32.9 Å². The average Bonchev–Trinajstić information content (AvgIpc) is 3.41. The SMILES string of the molecule is CS(=O)(=O)c1cnc2ncnn2c1C1CCN(C(=O)c2cc3c(s2)CCC3)CC1. The molecule has 0 N–H and O–H groups in total. The van der Waals surface area contributed by atoms with Gasteiger partial charge in [0.1, 0.15) is 11.2 Å². The molecular formula is C19H21N5O3S2. The number of rotatable bonds is 3. The third-order valence-corrected chi connectivity index (χ3v) is 8.17. The highest BCUT2D eigenvalue weighted by atomic mass is 32.2. The molecule has 5 rings (SSSR count). The maximum absolute atomic E-state index is 12.9. The van der Waals surface area contributed by atoms with Gasteiger partial charge in [-0.25, -0.2) is 13.4 Å². The second-order valence-corrected chi connectivity index (χ2v) is 10.9. The molecule has 0 radical (unpaired) electrons. The summed E-state index contributed by atoms with van der Waals surface area (Å²) in [6, 6.07) is 2.06. The predicted octanol–water partition coefficient (Wildman–Crippen LogP) is 2.10. The van der Waals surface area contributed by atoms with Gasteiger partial charge in [-0.1, -0.05) is 0 Å². The Hall–Kier alpha value is -2.33. The van der Waals surface area contributed by atoms with Crippen LogP contribution in [-0.2, 0) is 22.7 Å². The molecule has 0 saturated carbocycles. The number of nitrogens with zero attached hydrogens (tertiary/aromatic N) is 5. The van der Waals surface area contributed by atoms with E-state index in [1.807, 2.05) is 4.90 Å². The zero-order valence-electron chi connectivity index (χ0n) is 16.0. The number of piperidine rings is 1. The number of sulfone groups is 1. The van der Waals surface area contributed by atoms with Gasteiger partial charge in [0, 0.05) is 30.1 Å². The molecule has 2 aliphatic rings. The topological polar surface area (TPSA) is 97.5 Å². The lowest BCUT2D eigenvalue weighted by Gasteiger charge is -2.32. The first-order valence-corrected chi connectivity index (χ1v) is 12.4. The van der Waals surface area contributed by atoms with Gasteiger partial charge in [0.15, 0.2) is 9.84 Å². The van der Waals surface area contributed by atoms with Crippen LogP contribution < -0.4 is 0 Å². The number of likely N-dealkylation sites (tertiary alicyclic amines) is 1. The molecule has 1 aliphatic heterocycles. The number of carbonyl (C=O) groups is 1. The summed E-state index contributed by atoms with van der Waals surface area (Å²) in [5, 5.41) is 4.20. The number of hydrogen-bond acceptors (Lipinski definition) is 7. The molecule has 0 spiro atoms. The normalized spacial score (nSPS) is 17.8. The molecule has 1 fully saturated rings. The van der Waals surface area contributed by atoms with Crippen molar-refractivity contribution in [3.8, 4) is 0 Å². The van der Waals surface area contributed by atoms with E-state index in [0.717, 1.165) is 17.7 Å². The molecule has 1 aliphatic carbocycles. The van der Waals surface area contributed by atoms with Gasteiger partial charge < -0.3 is 4.90 Å². The Morgan fingerprint density at radius 2 is 2.00 bits per heavy atom. The van der Waals surface area contributed by atoms with Crippen LogP contribution in [0.2, 0.25) is 0 Å². The molecule has 152 valence electrons. The van der Waals surface area contributed by atoms with Gasteiger partial charge >= 0.3 is 0 Å². The highest BCUT2D eigenvalue weighted by molar-refractivity contribution is 7.90. The summed E-state index contributed by atoms with van der Waals surface area (Å²) in [6.07, 6.45) is 8.64. The first-order valence-electron chi connectivity index (χ1n) is 9.71. The van der Waals surface area contributed by atoms with Gasteiger partial charge in [-0.15, -0.1) is 11.3 Å². The van der Waals surface area contributed by atoms with Crippen molar-refractivity contribution in [3.63, 3.8) is 0 Å². The number of thiophene rings is 1. The number of aromatic nitrogens is 4. The lowest BCUT2D eigenvalue weighted by molar-refractivity contribution is 0.0715. The Kier molecular flexibility index (Phi) is 4.43. The molecule has 1 amide bonds. The maximum atomic E-state index is 12.9. The summed E-state index contributed by atoms with van der Waals surface area (Å²) in [6.45, 7) is 1.18. The van der Waals surface area contributed by atoms with Crippen LogP contribution in [0.15, 0.2) is 23.5 Å². The van der Waals surface area contributed by atoms with E-state index in [1.165, 1.54) is 40.2 Å². The van der Waals surface area contributed by atoms with E-state index in [-0.39, 0.29) is 16.7 Å².